The lowest BCUT2D eigenvalue weighted by Crippen LogP contribution is -2.35. The van der Waals surface area contributed by atoms with E-state index in [4.69, 9.17) is 10.5 Å². The molecule has 0 spiro atoms. The maximum absolute atomic E-state index is 5.78. The average Bonchev–Trinajstić information content (AvgIpc) is 2.50. The Balaban J connectivity index is 2.42. The van der Waals surface area contributed by atoms with Crippen molar-refractivity contribution in [3.05, 3.63) is 29.8 Å². The molecule has 0 saturated heterocycles. The summed E-state index contributed by atoms with van der Waals surface area (Å²) < 4.78 is 5.78. The first kappa shape index (κ1) is 16.6. The third kappa shape index (κ3) is 5.64. The Morgan fingerprint density at radius 1 is 1.25 bits per heavy atom. The lowest BCUT2D eigenvalue weighted by Gasteiger charge is -2.26. The first-order valence-corrected chi connectivity index (χ1v) is 7.37. The van der Waals surface area contributed by atoms with Gasteiger partial charge >= 0.3 is 0 Å². The average molecular weight is 274 g/mol. The van der Waals surface area contributed by atoms with Crippen molar-refractivity contribution in [1.82, 2.24) is 4.90 Å². The highest BCUT2D eigenvalue weighted by molar-refractivity contribution is 5.38. The van der Waals surface area contributed by atoms with E-state index in [1.165, 1.54) is 6.42 Å². The van der Waals surface area contributed by atoms with Gasteiger partial charge in [0.05, 0.1) is 6.54 Å². The van der Waals surface area contributed by atoms with E-state index in [9.17, 15) is 0 Å². The Morgan fingerprint density at radius 3 is 2.50 bits per heavy atom. The van der Waals surface area contributed by atoms with Crippen LogP contribution < -0.4 is 10.5 Å². The minimum atomic E-state index is 0.390. The van der Waals surface area contributed by atoms with Crippen molar-refractivity contribution in [3.8, 4) is 17.6 Å². The normalized spacial score (nSPS) is 11.8. The third-order valence-corrected chi connectivity index (χ3v) is 3.46. The van der Waals surface area contributed by atoms with Gasteiger partial charge in [0.2, 0.25) is 0 Å². The van der Waals surface area contributed by atoms with Gasteiger partial charge in [-0.1, -0.05) is 25.7 Å². The van der Waals surface area contributed by atoms with Crippen molar-refractivity contribution in [3.63, 3.8) is 0 Å². The molecule has 0 aromatic heterocycles. The maximum Gasteiger partial charge on any atom is 0.119 e. The van der Waals surface area contributed by atoms with Gasteiger partial charge in [0.1, 0.15) is 12.4 Å². The molecule has 3 heteroatoms. The molecular weight excluding hydrogens is 248 g/mol. The summed E-state index contributed by atoms with van der Waals surface area (Å²) in [5.74, 6) is 6.73. The summed E-state index contributed by atoms with van der Waals surface area (Å²) in [6, 6.07) is 8.45. The number of hydrogen-bond donors (Lipinski definition) is 1. The van der Waals surface area contributed by atoms with Crippen molar-refractivity contribution in [1.29, 1.82) is 0 Å². The molecule has 0 heterocycles. The Morgan fingerprint density at radius 2 is 1.95 bits per heavy atom. The first-order chi connectivity index (χ1) is 9.71. The third-order valence-electron chi connectivity index (χ3n) is 3.46. The monoisotopic (exact) mass is 274 g/mol. The van der Waals surface area contributed by atoms with E-state index in [1.54, 1.807) is 0 Å². The Kier molecular flexibility index (Phi) is 7.79. The Bertz CT molecular complexity index is 431. The van der Waals surface area contributed by atoms with E-state index in [0.29, 0.717) is 19.2 Å². The molecule has 1 aromatic carbocycles. The number of ether oxygens (including phenoxy) is 1. The van der Waals surface area contributed by atoms with E-state index in [1.807, 2.05) is 24.3 Å². The van der Waals surface area contributed by atoms with Gasteiger partial charge in [-0.15, -0.1) is 0 Å². The largest absolute Gasteiger partial charge is 0.492 e. The minimum Gasteiger partial charge on any atom is -0.492 e. The van der Waals surface area contributed by atoms with E-state index in [-0.39, 0.29) is 0 Å². The minimum absolute atomic E-state index is 0.390. The van der Waals surface area contributed by atoms with Gasteiger partial charge in [-0.2, -0.15) is 0 Å². The zero-order chi connectivity index (χ0) is 14.8. The summed E-state index contributed by atoms with van der Waals surface area (Å²) in [6.07, 6.45) is 1.17. The van der Waals surface area contributed by atoms with Crippen LogP contribution in [0.4, 0.5) is 0 Å². The van der Waals surface area contributed by atoms with Crippen LogP contribution in [0.15, 0.2) is 24.3 Å². The first-order valence-electron chi connectivity index (χ1n) is 7.37. The van der Waals surface area contributed by atoms with Crippen LogP contribution in [-0.4, -0.2) is 37.2 Å². The van der Waals surface area contributed by atoms with E-state index < -0.39 is 0 Å². The topological polar surface area (TPSA) is 38.5 Å². The van der Waals surface area contributed by atoms with Crippen LogP contribution in [0.25, 0.3) is 0 Å². The van der Waals surface area contributed by atoms with Crippen molar-refractivity contribution in [2.24, 2.45) is 5.73 Å². The molecule has 2 N–H and O–H groups in total. The van der Waals surface area contributed by atoms with Crippen LogP contribution in [-0.2, 0) is 0 Å². The van der Waals surface area contributed by atoms with Crippen molar-refractivity contribution >= 4 is 0 Å². The molecule has 0 amide bonds. The van der Waals surface area contributed by atoms with Crippen LogP contribution in [0.3, 0.4) is 0 Å². The molecule has 0 aliphatic rings. The smallest absolute Gasteiger partial charge is 0.119 e. The van der Waals surface area contributed by atoms with Crippen LogP contribution in [0, 0.1) is 11.8 Å². The number of nitrogens with two attached hydrogens (primary N) is 1. The SMILES string of the molecule is CCC(C)N(CC)CCOc1ccc(C#CCN)cc1. The van der Waals surface area contributed by atoms with E-state index in [2.05, 4.69) is 37.5 Å². The molecule has 0 aliphatic carbocycles. The van der Waals surface area contributed by atoms with Gasteiger partial charge in [0.15, 0.2) is 0 Å². The van der Waals surface area contributed by atoms with Crippen LogP contribution in [0.2, 0.25) is 0 Å². The molecule has 3 nitrogen and oxygen atoms in total. The zero-order valence-electron chi connectivity index (χ0n) is 12.9. The lowest BCUT2D eigenvalue weighted by molar-refractivity contribution is 0.171. The molecule has 20 heavy (non-hydrogen) atoms. The van der Waals surface area contributed by atoms with Crippen molar-refractivity contribution < 1.29 is 4.74 Å². The fraction of sp³-hybridized carbons (Fsp3) is 0.529. The molecular formula is C17H26N2O. The van der Waals surface area contributed by atoms with Gasteiger partial charge < -0.3 is 10.5 Å². The second kappa shape index (κ2) is 9.41. The fourth-order valence-electron chi connectivity index (χ4n) is 2.02. The summed E-state index contributed by atoms with van der Waals surface area (Å²) >= 11 is 0. The van der Waals surface area contributed by atoms with Crippen LogP contribution in [0.1, 0.15) is 32.8 Å². The quantitative estimate of drug-likeness (QED) is 0.776. The highest BCUT2D eigenvalue weighted by atomic mass is 16.5. The molecule has 0 fully saturated rings. The predicted octanol–water partition coefficient (Wildman–Crippen LogP) is 2.50. The summed E-state index contributed by atoms with van der Waals surface area (Å²) in [5.41, 5.74) is 6.32. The highest BCUT2D eigenvalue weighted by Crippen LogP contribution is 2.12. The summed E-state index contributed by atoms with van der Waals surface area (Å²) in [7, 11) is 0. The Labute approximate surface area is 123 Å². The number of likely N-dealkylation sites (N-methyl/N-ethyl adjacent to an activating group) is 1. The van der Waals surface area contributed by atoms with E-state index >= 15 is 0 Å². The Hall–Kier alpha value is -1.50. The van der Waals surface area contributed by atoms with Gasteiger partial charge in [-0.3, -0.25) is 4.90 Å². The number of hydrogen-bond acceptors (Lipinski definition) is 3. The van der Waals surface area contributed by atoms with Gasteiger partial charge in [-0.25, -0.2) is 0 Å². The molecule has 1 rings (SSSR count). The molecule has 1 aromatic rings. The molecule has 0 radical (unpaired) electrons. The molecule has 110 valence electrons. The second-order valence-corrected chi connectivity index (χ2v) is 4.76. The zero-order valence-corrected chi connectivity index (χ0v) is 12.9. The molecule has 0 saturated carbocycles. The van der Waals surface area contributed by atoms with Gasteiger partial charge in [0.25, 0.3) is 0 Å². The number of rotatable bonds is 7. The summed E-state index contributed by atoms with van der Waals surface area (Å²) in [6.45, 7) is 9.79. The molecule has 1 atom stereocenters. The summed E-state index contributed by atoms with van der Waals surface area (Å²) in [5, 5.41) is 0. The van der Waals surface area contributed by atoms with Crippen LogP contribution in [0.5, 0.6) is 5.75 Å². The molecule has 0 bridgehead atoms. The maximum atomic E-state index is 5.78. The van der Waals surface area contributed by atoms with Crippen molar-refractivity contribution in [2.75, 3.05) is 26.2 Å². The van der Waals surface area contributed by atoms with Crippen molar-refractivity contribution in [2.45, 2.75) is 33.2 Å². The van der Waals surface area contributed by atoms with Gasteiger partial charge in [0, 0.05) is 18.2 Å². The standard InChI is InChI=1S/C17H26N2O/c1-4-15(3)19(5-2)13-14-20-17-10-8-16(9-11-17)7-6-12-18/h8-11,15H,4-5,12-14,18H2,1-3H3. The molecule has 1 unspecified atom stereocenters. The molecule has 0 aliphatic heterocycles. The second-order valence-electron chi connectivity index (χ2n) is 4.76. The van der Waals surface area contributed by atoms with Crippen LogP contribution >= 0.6 is 0 Å². The van der Waals surface area contributed by atoms with E-state index in [0.717, 1.165) is 24.4 Å². The van der Waals surface area contributed by atoms with Gasteiger partial charge in [-0.05, 0) is 44.2 Å². The fourth-order valence-corrected chi connectivity index (χ4v) is 2.02. The number of nitrogens with zero attached hydrogens (tertiary/aromatic N) is 1. The summed E-state index contributed by atoms with van der Waals surface area (Å²) in [4.78, 5) is 2.43. The highest BCUT2D eigenvalue weighted by Gasteiger charge is 2.09. The number of benzene rings is 1. The lowest BCUT2D eigenvalue weighted by atomic mass is 10.2. The predicted molar refractivity (Wildman–Crippen MR) is 84.9 cm³/mol.